The summed E-state index contributed by atoms with van der Waals surface area (Å²) in [5.74, 6) is -0.884. The lowest BCUT2D eigenvalue weighted by molar-refractivity contribution is -0.143. The number of fused-ring (bicyclic) bond motifs is 1. The summed E-state index contributed by atoms with van der Waals surface area (Å²) in [6, 6.07) is 5.04. The van der Waals surface area contributed by atoms with E-state index in [2.05, 4.69) is 0 Å². The van der Waals surface area contributed by atoms with Gasteiger partial charge in [0.1, 0.15) is 5.75 Å². The molecule has 1 amide bonds. The van der Waals surface area contributed by atoms with E-state index in [9.17, 15) is 14.4 Å². The van der Waals surface area contributed by atoms with Crippen molar-refractivity contribution in [3.05, 3.63) is 23.8 Å². The van der Waals surface area contributed by atoms with Crippen LogP contribution in [0.25, 0.3) is 0 Å². The number of nitrogens with zero attached hydrogens (tertiary/aromatic N) is 2. The molecule has 1 saturated heterocycles. The Balaban J connectivity index is 1.72. The van der Waals surface area contributed by atoms with Gasteiger partial charge in [0.25, 0.3) is 5.91 Å². The van der Waals surface area contributed by atoms with E-state index in [1.165, 1.54) is 4.90 Å². The normalized spacial score (nSPS) is 21.1. The van der Waals surface area contributed by atoms with Crippen LogP contribution in [0, 0.1) is 5.92 Å². The van der Waals surface area contributed by atoms with Crippen LogP contribution < -0.4 is 9.64 Å². The molecular weight excluding hydrogens is 312 g/mol. The molecule has 0 bridgehead atoms. The number of carboxylic acid groups (broad SMARTS) is 1. The number of anilines is 1. The second-order valence-electron chi connectivity index (χ2n) is 6.26. The molecule has 2 heterocycles. The topological polar surface area (TPSA) is 87.2 Å². The Labute approximate surface area is 139 Å². The van der Waals surface area contributed by atoms with Crippen LogP contribution in [0.1, 0.15) is 23.2 Å². The third-order valence-corrected chi connectivity index (χ3v) is 4.59. The summed E-state index contributed by atoms with van der Waals surface area (Å²) in [6.07, 6.45) is 1.43. The van der Waals surface area contributed by atoms with Gasteiger partial charge >= 0.3 is 5.97 Å². The van der Waals surface area contributed by atoms with Gasteiger partial charge in [0.15, 0.2) is 12.4 Å². The first-order valence-electron chi connectivity index (χ1n) is 7.97. The van der Waals surface area contributed by atoms with Gasteiger partial charge in [-0.2, -0.15) is 0 Å². The molecular formula is C17H20N2O5. The molecule has 1 fully saturated rings. The number of Topliss-reactive ketones (excluding diaryl/α,β-unsaturated/α-hetero) is 1. The number of likely N-dealkylation sites (N-methyl/N-ethyl adjacent to an activating group) is 1. The molecule has 0 aromatic heterocycles. The summed E-state index contributed by atoms with van der Waals surface area (Å²) in [5.41, 5.74) is 1.08. The fourth-order valence-corrected chi connectivity index (χ4v) is 3.14. The SMILES string of the molecule is CN1C(=O)COc2ccc(C(=O)CN3CCCC(C(=O)O)C3)cc21. The summed E-state index contributed by atoms with van der Waals surface area (Å²) in [6.45, 7) is 1.30. The Morgan fingerprint density at radius 1 is 1.38 bits per heavy atom. The van der Waals surface area contributed by atoms with E-state index < -0.39 is 11.9 Å². The number of carbonyl (C=O) groups is 3. The zero-order valence-corrected chi connectivity index (χ0v) is 13.5. The van der Waals surface area contributed by atoms with Crippen LogP contribution in [0.3, 0.4) is 0 Å². The number of piperidine rings is 1. The van der Waals surface area contributed by atoms with Crippen molar-refractivity contribution in [3.8, 4) is 5.75 Å². The minimum absolute atomic E-state index is 0.00114. The summed E-state index contributed by atoms with van der Waals surface area (Å²) in [4.78, 5) is 38.7. The van der Waals surface area contributed by atoms with Crippen LogP contribution in [0.5, 0.6) is 5.75 Å². The number of hydrogen-bond acceptors (Lipinski definition) is 5. The lowest BCUT2D eigenvalue weighted by Crippen LogP contribution is -2.41. The number of amides is 1. The fourth-order valence-electron chi connectivity index (χ4n) is 3.14. The molecule has 3 rings (SSSR count). The number of rotatable bonds is 4. The van der Waals surface area contributed by atoms with Crippen LogP contribution in [0.4, 0.5) is 5.69 Å². The van der Waals surface area contributed by atoms with Gasteiger partial charge in [-0.1, -0.05) is 0 Å². The van der Waals surface area contributed by atoms with Crippen LogP contribution in [0.15, 0.2) is 18.2 Å². The highest BCUT2D eigenvalue weighted by Crippen LogP contribution is 2.32. The van der Waals surface area contributed by atoms with E-state index in [-0.39, 0.29) is 24.8 Å². The van der Waals surface area contributed by atoms with E-state index in [0.717, 1.165) is 13.0 Å². The standard InChI is InChI=1S/C17H20N2O5/c1-18-13-7-11(4-5-15(13)24-10-16(18)21)14(20)9-19-6-2-3-12(8-19)17(22)23/h4-5,7,12H,2-3,6,8-10H2,1H3,(H,22,23). The van der Waals surface area contributed by atoms with Crippen molar-refractivity contribution in [1.82, 2.24) is 4.90 Å². The highest BCUT2D eigenvalue weighted by Gasteiger charge is 2.27. The van der Waals surface area contributed by atoms with Crippen LogP contribution in [0.2, 0.25) is 0 Å². The van der Waals surface area contributed by atoms with E-state index in [0.29, 0.717) is 30.0 Å². The van der Waals surface area contributed by atoms with E-state index in [1.807, 2.05) is 4.90 Å². The number of benzene rings is 1. The maximum Gasteiger partial charge on any atom is 0.307 e. The van der Waals surface area contributed by atoms with Gasteiger partial charge in [0, 0.05) is 19.2 Å². The summed E-state index contributed by atoms with van der Waals surface area (Å²) in [5, 5.41) is 9.13. The second kappa shape index (κ2) is 6.60. The van der Waals surface area contributed by atoms with E-state index >= 15 is 0 Å². The van der Waals surface area contributed by atoms with Crippen molar-refractivity contribution >= 4 is 23.3 Å². The predicted octanol–water partition coefficient (Wildman–Crippen LogP) is 1.02. The second-order valence-corrected chi connectivity index (χ2v) is 6.26. The molecule has 2 aliphatic rings. The lowest BCUT2D eigenvalue weighted by Gasteiger charge is -2.30. The number of ketones is 1. The zero-order chi connectivity index (χ0) is 17.3. The van der Waals surface area contributed by atoms with E-state index in [1.54, 1.807) is 25.2 Å². The average molecular weight is 332 g/mol. The number of aliphatic carboxylic acids is 1. The van der Waals surface area contributed by atoms with Crippen molar-refractivity contribution in [1.29, 1.82) is 0 Å². The van der Waals surface area contributed by atoms with Crippen LogP contribution in [-0.2, 0) is 9.59 Å². The van der Waals surface area contributed by atoms with Crippen molar-refractivity contribution in [2.45, 2.75) is 12.8 Å². The molecule has 1 aromatic carbocycles. The molecule has 7 heteroatoms. The number of carboxylic acids is 1. The fraction of sp³-hybridized carbons (Fsp3) is 0.471. The highest BCUT2D eigenvalue weighted by molar-refractivity contribution is 6.02. The highest BCUT2D eigenvalue weighted by atomic mass is 16.5. The molecule has 1 unspecified atom stereocenters. The Morgan fingerprint density at radius 2 is 2.17 bits per heavy atom. The third kappa shape index (κ3) is 3.26. The average Bonchev–Trinajstić information content (AvgIpc) is 2.58. The summed E-state index contributed by atoms with van der Waals surface area (Å²) < 4.78 is 5.35. The predicted molar refractivity (Wildman–Crippen MR) is 86.5 cm³/mol. The minimum atomic E-state index is -0.807. The maximum absolute atomic E-state index is 12.5. The first-order valence-corrected chi connectivity index (χ1v) is 7.97. The van der Waals surface area contributed by atoms with Gasteiger partial charge in [0.2, 0.25) is 0 Å². The first-order chi connectivity index (χ1) is 11.5. The van der Waals surface area contributed by atoms with Gasteiger partial charge in [-0.3, -0.25) is 19.3 Å². The molecule has 0 radical (unpaired) electrons. The molecule has 2 aliphatic heterocycles. The van der Waals surface area contributed by atoms with Crippen molar-refractivity contribution in [2.24, 2.45) is 5.92 Å². The summed E-state index contributed by atoms with van der Waals surface area (Å²) >= 11 is 0. The summed E-state index contributed by atoms with van der Waals surface area (Å²) in [7, 11) is 1.65. The molecule has 0 aliphatic carbocycles. The quantitative estimate of drug-likeness (QED) is 0.829. The molecule has 1 N–H and O–H groups in total. The first kappa shape index (κ1) is 16.4. The molecule has 1 aromatic rings. The largest absolute Gasteiger partial charge is 0.482 e. The zero-order valence-electron chi connectivity index (χ0n) is 13.5. The molecule has 24 heavy (non-hydrogen) atoms. The molecule has 1 atom stereocenters. The number of likely N-dealkylation sites (tertiary alicyclic amines) is 1. The third-order valence-electron chi connectivity index (χ3n) is 4.59. The van der Waals surface area contributed by atoms with Gasteiger partial charge in [-0.15, -0.1) is 0 Å². The molecule has 128 valence electrons. The van der Waals surface area contributed by atoms with Crippen molar-refractivity contribution in [2.75, 3.05) is 38.2 Å². The molecule has 0 saturated carbocycles. The van der Waals surface area contributed by atoms with Gasteiger partial charge in [0.05, 0.1) is 18.2 Å². The van der Waals surface area contributed by atoms with Crippen LogP contribution >= 0.6 is 0 Å². The van der Waals surface area contributed by atoms with E-state index in [4.69, 9.17) is 9.84 Å². The monoisotopic (exact) mass is 332 g/mol. The maximum atomic E-state index is 12.5. The molecule has 0 spiro atoms. The van der Waals surface area contributed by atoms with Crippen molar-refractivity contribution in [3.63, 3.8) is 0 Å². The number of hydrogen-bond donors (Lipinski definition) is 1. The Morgan fingerprint density at radius 3 is 2.92 bits per heavy atom. The molecule has 7 nitrogen and oxygen atoms in total. The smallest absolute Gasteiger partial charge is 0.307 e. The van der Waals surface area contributed by atoms with Gasteiger partial charge < -0.3 is 14.7 Å². The Bertz CT molecular complexity index is 688. The number of ether oxygens (including phenoxy) is 1. The van der Waals surface area contributed by atoms with Gasteiger partial charge in [-0.05, 0) is 37.6 Å². The Kier molecular flexibility index (Phi) is 4.53. The minimum Gasteiger partial charge on any atom is -0.482 e. The van der Waals surface area contributed by atoms with Crippen molar-refractivity contribution < 1.29 is 24.2 Å². The lowest BCUT2D eigenvalue weighted by atomic mass is 9.97. The number of carbonyl (C=O) groups excluding carboxylic acids is 2. The van der Waals surface area contributed by atoms with Crippen LogP contribution in [-0.4, -0.2) is 61.0 Å². The Hall–Kier alpha value is -2.41. The van der Waals surface area contributed by atoms with Gasteiger partial charge in [-0.25, -0.2) is 0 Å².